The van der Waals surface area contributed by atoms with Crippen LogP contribution in [0.25, 0.3) is 0 Å². The second-order valence-corrected chi connectivity index (χ2v) is 8.25. The van der Waals surface area contributed by atoms with Crippen molar-refractivity contribution in [2.24, 2.45) is 10.7 Å². The van der Waals surface area contributed by atoms with Crippen LogP contribution in [0.3, 0.4) is 0 Å². The average molecular weight is 553 g/mol. The molecule has 29 heavy (non-hydrogen) atoms. The maximum atomic E-state index is 14.6. The zero-order chi connectivity index (χ0) is 19.9. The number of morpholine rings is 1. The van der Waals surface area contributed by atoms with Crippen LogP contribution in [0, 0.1) is 5.82 Å². The number of rotatable bonds is 7. The molecule has 0 saturated carbocycles. The molecule has 1 saturated heterocycles. The van der Waals surface area contributed by atoms with Gasteiger partial charge in [-0.2, -0.15) is 0 Å². The number of hydrogen-bond donors (Lipinski definition) is 2. The molecule has 3 rings (SSSR count). The Hall–Kier alpha value is -0.940. The van der Waals surface area contributed by atoms with E-state index in [1.54, 1.807) is 23.5 Å². The Kier molecular flexibility index (Phi) is 10.1. The van der Waals surface area contributed by atoms with Crippen molar-refractivity contribution in [1.29, 1.82) is 0 Å². The molecular weight excluding hydrogens is 526 g/mol. The zero-order valence-electron chi connectivity index (χ0n) is 16.3. The van der Waals surface area contributed by atoms with Gasteiger partial charge in [0.1, 0.15) is 5.82 Å². The molecule has 160 valence electrons. The Labute approximate surface area is 197 Å². The van der Waals surface area contributed by atoms with Gasteiger partial charge in [-0.15, -0.1) is 35.3 Å². The molecule has 3 N–H and O–H groups in total. The van der Waals surface area contributed by atoms with Crippen molar-refractivity contribution >= 4 is 52.9 Å². The molecule has 1 aromatic carbocycles. The lowest BCUT2D eigenvalue weighted by Crippen LogP contribution is -2.44. The highest BCUT2D eigenvalue weighted by atomic mass is 127. The molecule has 0 radical (unpaired) electrons. The fourth-order valence-corrected chi connectivity index (χ4v) is 4.35. The van der Waals surface area contributed by atoms with E-state index in [1.165, 1.54) is 10.9 Å². The van der Waals surface area contributed by atoms with E-state index < -0.39 is 0 Å². The molecule has 0 bridgehead atoms. The molecule has 1 aliphatic rings. The summed E-state index contributed by atoms with van der Waals surface area (Å²) in [6, 6.07) is 8.59. The lowest BCUT2D eigenvalue weighted by molar-refractivity contribution is -0.0336. The molecule has 2 atom stereocenters. The number of benzene rings is 1. The zero-order valence-corrected chi connectivity index (χ0v) is 20.2. The summed E-state index contributed by atoms with van der Waals surface area (Å²) in [5.74, 6) is 0.0337. The highest BCUT2D eigenvalue weighted by Crippen LogP contribution is 2.31. The van der Waals surface area contributed by atoms with E-state index in [9.17, 15) is 4.39 Å². The fraction of sp³-hybridized carbons (Fsp3) is 0.450. The van der Waals surface area contributed by atoms with E-state index in [2.05, 4.69) is 26.7 Å². The first-order valence-corrected chi connectivity index (χ1v) is 10.7. The standard InChI is InChI=1S/C20H26ClFN4OS.HI/c1-14-13-26(9-10-27-14)18(19-16(21)5-2-6-17(19)22)12-25-20(23)24-8-7-15-4-3-11-28-15;/h2-6,11,14,18H,7-10,12-13H2,1H3,(H3,23,24,25);1H. The smallest absolute Gasteiger partial charge is 0.188 e. The third-order valence-electron chi connectivity index (χ3n) is 4.74. The minimum absolute atomic E-state index is 0. The Bertz CT molecular complexity index is 773. The molecule has 5 nitrogen and oxygen atoms in total. The highest BCUT2D eigenvalue weighted by molar-refractivity contribution is 14.0. The van der Waals surface area contributed by atoms with Crippen LogP contribution < -0.4 is 11.1 Å². The summed E-state index contributed by atoms with van der Waals surface area (Å²) in [5.41, 5.74) is 6.51. The SMILES string of the molecule is CC1CN(C(CN=C(N)NCCc2cccs2)c2c(F)cccc2Cl)CCO1.I. The predicted octanol–water partition coefficient (Wildman–Crippen LogP) is 4.07. The van der Waals surface area contributed by atoms with Crippen LogP contribution >= 0.6 is 46.9 Å². The molecule has 9 heteroatoms. The number of aliphatic imine (C=N–C) groups is 1. The molecule has 0 aliphatic carbocycles. The van der Waals surface area contributed by atoms with Gasteiger partial charge in [0, 0.05) is 35.1 Å². The van der Waals surface area contributed by atoms with E-state index in [0.29, 0.717) is 49.3 Å². The second-order valence-electron chi connectivity index (χ2n) is 6.81. The van der Waals surface area contributed by atoms with Crippen molar-refractivity contribution in [3.63, 3.8) is 0 Å². The van der Waals surface area contributed by atoms with Crippen LogP contribution in [-0.4, -0.2) is 49.7 Å². The Morgan fingerprint density at radius 1 is 1.45 bits per heavy atom. The fourth-order valence-electron chi connectivity index (χ4n) is 3.36. The summed E-state index contributed by atoms with van der Waals surface area (Å²) in [4.78, 5) is 7.94. The van der Waals surface area contributed by atoms with Gasteiger partial charge in [-0.3, -0.25) is 9.89 Å². The topological polar surface area (TPSA) is 62.9 Å². The first-order valence-electron chi connectivity index (χ1n) is 9.40. The van der Waals surface area contributed by atoms with E-state index in [0.717, 1.165) is 6.42 Å². The van der Waals surface area contributed by atoms with E-state index in [4.69, 9.17) is 22.1 Å². The minimum Gasteiger partial charge on any atom is -0.376 e. The van der Waals surface area contributed by atoms with Crippen molar-refractivity contribution in [3.8, 4) is 0 Å². The normalized spacial score (nSPS) is 18.9. The predicted molar refractivity (Wildman–Crippen MR) is 129 cm³/mol. The van der Waals surface area contributed by atoms with Crippen molar-refractivity contribution in [2.45, 2.75) is 25.5 Å². The van der Waals surface area contributed by atoms with Gasteiger partial charge < -0.3 is 15.8 Å². The molecule has 1 aromatic heterocycles. The molecule has 1 aliphatic heterocycles. The molecule has 1 fully saturated rings. The van der Waals surface area contributed by atoms with Crippen LogP contribution in [0.4, 0.5) is 4.39 Å². The Morgan fingerprint density at radius 2 is 2.28 bits per heavy atom. The van der Waals surface area contributed by atoms with Crippen LogP contribution in [-0.2, 0) is 11.2 Å². The van der Waals surface area contributed by atoms with Crippen molar-refractivity contribution in [3.05, 3.63) is 57.0 Å². The maximum absolute atomic E-state index is 14.6. The van der Waals surface area contributed by atoms with E-state index >= 15 is 0 Å². The van der Waals surface area contributed by atoms with Gasteiger partial charge in [0.05, 0.1) is 25.3 Å². The molecule has 2 unspecified atom stereocenters. The molecule has 2 heterocycles. The molecule has 0 amide bonds. The quantitative estimate of drug-likeness (QED) is 0.309. The largest absolute Gasteiger partial charge is 0.376 e. The van der Waals surface area contributed by atoms with Crippen molar-refractivity contribution in [1.82, 2.24) is 10.2 Å². The number of guanidine groups is 1. The number of thiophene rings is 1. The summed E-state index contributed by atoms with van der Waals surface area (Å²) < 4.78 is 20.2. The van der Waals surface area contributed by atoms with Gasteiger partial charge in [0.2, 0.25) is 0 Å². The third-order valence-corrected chi connectivity index (χ3v) is 6.00. The highest BCUT2D eigenvalue weighted by Gasteiger charge is 2.29. The van der Waals surface area contributed by atoms with Crippen molar-refractivity contribution in [2.75, 3.05) is 32.8 Å². The van der Waals surface area contributed by atoms with Crippen LogP contribution in [0.2, 0.25) is 5.02 Å². The van der Waals surface area contributed by atoms with Gasteiger partial charge >= 0.3 is 0 Å². The molecule has 2 aromatic rings. The summed E-state index contributed by atoms with van der Waals surface area (Å²) in [5, 5.41) is 5.59. The number of nitrogens with zero attached hydrogens (tertiary/aromatic N) is 2. The van der Waals surface area contributed by atoms with Gasteiger partial charge in [-0.25, -0.2) is 4.39 Å². The third kappa shape index (κ3) is 7.06. The van der Waals surface area contributed by atoms with Crippen LogP contribution in [0.15, 0.2) is 40.7 Å². The summed E-state index contributed by atoms with van der Waals surface area (Å²) in [6.45, 7) is 5.02. The average Bonchev–Trinajstić information content (AvgIpc) is 3.17. The minimum atomic E-state index is -0.323. The van der Waals surface area contributed by atoms with Gasteiger partial charge in [0.15, 0.2) is 5.96 Å². The number of ether oxygens (including phenoxy) is 1. The van der Waals surface area contributed by atoms with Gasteiger partial charge in [-0.1, -0.05) is 23.7 Å². The van der Waals surface area contributed by atoms with Crippen LogP contribution in [0.5, 0.6) is 0 Å². The Balaban J connectivity index is 0.00000300. The summed E-state index contributed by atoms with van der Waals surface area (Å²) in [6.07, 6.45) is 0.962. The van der Waals surface area contributed by atoms with E-state index in [1.807, 2.05) is 13.0 Å². The number of hydrogen-bond acceptors (Lipinski definition) is 4. The number of halogens is 3. The molecular formula is C20H27ClFIN4OS. The second kappa shape index (κ2) is 12.0. The maximum Gasteiger partial charge on any atom is 0.188 e. The number of nitrogens with two attached hydrogens (primary N) is 1. The van der Waals surface area contributed by atoms with Gasteiger partial charge in [-0.05, 0) is 36.9 Å². The number of nitrogens with one attached hydrogen (secondary N) is 1. The monoisotopic (exact) mass is 552 g/mol. The summed E-state index contributed by atoms with van der Waals surface area (Å²) in [7, 11) is 0. The molecule has 0 spiro atoms. The van der Waals surface area contributed by atoms with Crippen LogP contribution in [0.1, 0.15) is 23.4 Å². The lowest BCUT2D eigenvalue weighted by atomic mass is 10.0. The first kappa shape index (κ1) is 24.3. The van der Waals surface area contributed by atoms with E-state index in [-0.39, 0.29) is 41.9 Å². The lowest BCUT2D eigenvalue weighted by Gasteiger charge is -2.37. The van der Waals surface area contributed by atoms with Crippen molar-refractivity contribution < 1.29 is 9.13 Å². The first-order chi connectivity index (χ1) is 13.5. The Morgan fingerprint density at radius 3 is 2.97 bits per heavy atom. The summed E-state index contributed by atoms with van der Waals surface area (Å²) >= 11 is 8.06. The van der Waals surface area contributed by atoms with Gasteiger partial charge in [0.25, 0.3) is 0 Å².